The van der Waals surface area contributed by atoms with Crippen LogP contribution in [0.15, 0.2) is 103 Å². The molecule has 176 valence electrons. The molecule has 1 N–H and O–H groups in total. The van der Waals surface area contributed by atoms with Crippen LogP contribution in [0.1, 0.15) is 46.1 Å². The minimum Gasteiger partial charge on any atom is -0.489 e. The van der Waals surface area contributed by atoms with Crippen LogP contribution >= 0.6 is 0 Å². The average molecular weight is 462 g/mol. The largest absolute Gasteiger partial charge is 0.489 e. The number of benzene rings is 4. The topological polar surface area (TPSA) is 30.5 Å². The molecule has 1 aliphatic carbocycles. The van der Waals surface area contributed by atoms with Gasteiger partial charge in [-0.2, -0.15) is 0 Å². The molecule has 1 saturated heterocycles. The highest BCUT2D eigenvalue weighted by Gasteiger charge is 2.32. The molecule has 3 heteroatoms. The van der Waals surface area contributed by atoms with E-state index in [2.05, 4.69) is 102 Å². The van der Waals surface area contributed by atoms with Crippen LogP contribution in [-0.4, -0.2) is 19.2 Å². The van der Waals surface area contributed by atoms with Crippen molar-refractivity contribution in [3.05, 3.63) is 131 Å². The Morgan fingerprint density at radius 1 is 0.714 bits per heavy atom. The molecule has 0 bridgehead atoms. The van der Waals surface area contributed by atoms with Gasteiger partial charge in [-0.15, -0.1) is 0 Å². The molecule has 3 nitrogen and oxygen atoms in total. The number of fused-ring (bicyclic) bond motifs is 1. The summed E-state index contributed by atoms with van der Waals surface area (Å²) < 4.78 is 12.2. The van der Waals surface area contributed by atoms with Crippen molar-refractivity contribution >= 4 is 0 Å². The first-order valence-electron chi connectivity index (χ1n) is 12.7. The Balaban J connectivity index is 1.29. The van der Waals surface area contributed by atoms with Gasteiger partial charge in [-0.25, -0.2) is 0 Å². The highest BCUT2D eigenvalue weighted by molar-refractivity contribution is 5.48. The lowest BCUT2D eigenvalue weighted by molar-refractivity contribution is 0.142. The minimum atomic E-state index is 0.294. The molecule has 2 aliphatic rings. The van der Waals surface area contributed by atoms with Crippen molar-refractivity contribution in [1.29, 1.82) is 0 Å². The smallest absolute Gasteiger partial charge is 0.123 e. The summed E-state index contributed by atoms with van der Waals surface area (Å²) >= 11 is 0. The monoisotopic (exact) mass is 461 g/mol. The van der Waals surface area contributed by atoms with Gasteiger partial charge in [0.2, 0.25) is 0 Å². The van der Waals surface area contributed by atoms with Gasteiger partial charge in [0.25, 0.3) is 0 Å². The number of hydrogen-bond acceptors (Lipinski definition) is 3. The van der Waals surface area contributed by atoms with Gasteiger partial charge < -0.3 is 14.8 Å². The van der Waals surface area contributed by atoms with Crippen LogP contribution in [0.4, 0.5) is 0 Å². The summed E-state index contributed by atoms with van der Waals surface area (Å²) in [7, 11) is 0. The SMILES string of the molecule is c1ccc(COc2ccc3c(c2)CC[C@H](c2ccccc2)[C@@H]3c2ccc(OC3CNC3)cc2)cc1. The zero-order valence-corrected chi connectivity index (χ0v) is 19.9. The number of hydrogen-bond donors (Lipinski definition) is 1. The molecule has 0 aromatic heterocycles. The Morgan fingerprint density at radius 3 is 2.14 bits per heavy atom. The normalized spacial score (nSPS) is 19.4. The van der Waals surface area contributed by atoms with Crippen LogP contribution in [0, 0.1) is 0 Å². The molecule has 0 amide bonds. The van der Waals surface area contributed by atoms with Crippen LogP contribution in [0.3, 0.4) is 0 Å². The summed E-state index contributed by atoms with van der Waals surface area (Å²) in [6.45, 7) is 2.46. The molecule has 4 aromatic rings. The van der Waals surface area contributed by atoms with E-state index in [1.807, 2.05) is 6.07 Å². The van der Waals surface area contributed by atoms with Gasteiger partial charge in [-0.1, -0.05) is 78.9 Å². The second kappa shape index (κ2) is 9.97. The molecule has 0 spiro atoms. The summed E-state index contributed by atoms with van der Waals surface area (Å²) in [4.78, 5) is 0. The molecule has 35 heavy (non-hydrogen) atoms. The van der Waals surface area contributed by atoms with Crippen LogP contribution in [-0.2, 0) is 13.0 Å². The molecular weight excluding hydrogens is 430 g/mol. The fourth-order valence-electron chi connectivity index (χ4n) is 5.39. The third-order valence-electron chi connectivity index (χ3n) is 7.34. The van der Waals surface area contributed by atoms with Gasteiger partial charge in [-0.3, -0.25) is 0 Å². The summed E-state index contributed by atoms with van der Waals surface area (Å²) in [6, 6.07) is 36.8. The van der Waals surface area contributed by atoms with E-state index in [9.17, 15) is 0 Å². The quantitative estimate of drug-likeness (QED) is 0.342. The standard InChI is InChI=1S/C32H31NO2/c1-3-7-23(8-4-1)22-34-28-16-18-31-26(19-28)13-17-30(24-9-5-2-6-10-24)32(31)25-11-14-27(15-12-25)35-29-20-33-21-29/h1-12,14-16,18-19,29-30,32-33H,13,17,20-22H2/t30-,32+/m1/s1. The van der Waals surface area contributed by atoms with Crippen LogP contribution in [0.2, 0.25) is 0 Å². The maximum absolute atomic E-state index is 6.16. The van der Waals surface area contributed by atoms with Crippen molar-refractivity contribution < 1.29 is 9.47 Å². The Hall–Kier alpha value is -3.56. The van der Waals surface area contributed by atoms with Gasteiger partial charge >= 0.3 is 0 Å². The molecule has 0 unspecified atom stereocenters. The maximum atomic E-state index is 6.16. The van der Waals surface area contributed by atoms with Crippen molar-refractivity contribution in [3.63, 3.8) is 0 Å². The Labute approximate surface area is 207 Å². The van der Waals surface area contributed by atoms with Crippen molar-refractivity contribution in [3.8, 4) is 11.5 Å². The molecule has 4 aromatic carbocycles. The second-order valence-corrected chi connectivity index (χ2v) is 9.64. The van der Waals surface area contributed by atoms with E-state index >= 15 is 0 Å². The van der Waals surface area contributed by atoms with E-state index in [-0.39, 0.29) is 0 Å². The number of ether oxygens (including phenoxy) is 2. The van der Waals surface area contributed by atoms with E-state index in [0.29, 0.717) is 24.5 Å². The third kappa shape index (κ3) is 4.82. The lowest BCUT2D eigenvalue weighted by atomic mass is 9.69. The summed E-state index contributed by atoms with van der Waals surface area (Å²) in [5, 5.41) is 3.27. The summed E-state index contributed by atoms with van der Waals surface area (Å²) in [5.74, 6) is 2.66. The summed E-state index contributed by atoms with van der Waals surface area (Å²) in [6.07, 6.45) is 2.47. The Bertz CT molecular complexity index is 1250. The van der Waals surface area contributed by atoms with Crippen LogP contribution < -0.4 is 14.8 Å². The number of rotatable bonds is 7. The zero-order chi connectivity index (χ0) is 23.5. The highest BCUT2D eigenvalue weighted by atomic mass is 16.5. The maximum Gasteiger partial charge on any atom is 0.123 e. The van der Waals surface area contributed by atoms with Crippen molar-refractivity contribution in [2.75, 3.05) is 13.1 Å². The molecular formula is C32H31NO2. The van der Waals surface area contributed by atoms with E-state index in [1.165, 1.54) is 27.8 Å². The van der Waals surface area contributed by atoms with E-state index in [4.69, 9.17) is 9.47 Å². The van der Waals surface area contributed by atoms with Gasteiger partial charge in [0, 0.05) is 19.0 Å². The Kier molecular flexibility index (Phi) is 6.25. The predicted molar refractivity (Wildman–Crippen MR) is 140 cm³/mol. The van der Waals surface area contributed by atoms with Gasteiger partial charge in [0.1, 0.15) is 24.2 Å². The highest BCUT2D eigenvalue weighted by Crippen LogP contribution is 2.47. The van der Waals surface area contributed by atoms with Gasteiger partial charge in [-0.05, 0) is 70.8 Å². The summed E-state index contributed by atoms with van der Waals surface area (Å²) in [5.41, 5.74) is 6.75. The first-order valence-corrected chi connectivity index (χ1v) is 12.7. The molecule has 1 aliphatic heterocycles. The first-order chi connectivity index (χ1) is 17.3. The fraction of sp³-hybridized carbons (Fsp3) is 0.250. The lowest BCUT2D eigenvalue weighted by Crippen LogP contribution is -2.50. The number of nitrogens with one attached hydrogen (secondary N) is 1. The van der Waals surface area contributed by atoms with E-state index in [0.717, 1.165) is 37.4 Å². The third-order valence-corrected chi connectivity index (χ3v) is 7.34. The van der Waals surface area contributed by atoms with E-state index < -0.39 is 0 Å². The second-order valence-electron chi connectivity index (χ2n) is 9.64. The van der Waals surface area contributed by atoms with Crippen molar-refractivity contribution in [2.24, 2.45) is 0 Å². The predicted octanol–water partition coefficient (Wildman–Crippen LogP) is 6.48. The molecule has 2 atom stereocenters. The molecule has 1 heterocycles. The molecule has 0 saturated carbocycles. The van der Waals surface area contributed by atoms with E-state index in [1.54, 1.807) is 0 Å². The first kappa shape index (κ1) is 21.9. The van der Waals surface area contributed by atoms with Crippen LogP contribution in [0.25, 0.3) is 0 Å². The lowest BCUT2D eigenvalue weighted by Gasteiger charge is -2.35. The van der Waals surface area contributed by atoms with Crippen molar-refractivity contribution in [2.45, 2.75) is 37.4 Å². The minimum absolute atomic E-state index is 0.294. The fourth-order valence-corrected chi connectivity index (χ4v) is 5.39. The van der Waals surface area contributed by atoms with Gasteiger partial charge in [0.15, 0.2) is 0 Å². The number of aryl methyl sites for hydroxylation is 1. The van der Waals surface area contributed by atoms with Crippen molar-refractivity contribution in [1.82, 2.24) is 5.32 Å². The van der Waals surface area contributed by atoms with Crippen LogP contribution in [0.5, 0.6) is 11.5 Å². The molecule has 1 fully saturated rings. The average Bonchev–Trinajstić information content (AvgIpc) is 2.90. The Morgan fingerprint density at radius 2 is 1.43 bits per heavy atom. The molecule has 0 radical (unpaired) electrons. The van der Waals surface area contributed by atoms with Gasteiger partial charge in [0.05, 0.1) is 0 Å². The molecule has 6 rings (SSSR count). The zero-order valence-electron chi connectivity index (χ0n) is 19.9.